The quantitative estimate of drug-likeness (QED) is 0.645. The molecule has 126 valence electrons. The lowest BCUT2D eigenvalue weighted by atomic mass is 9.94. The second-order valence-electron chi connectivity index (χ2n) is 5.99. The molecule has 2 rings (SSSR count). The molecule has 3 atom stereocenters. The summed E-state index contributed by atoms with van der Waals surface area (Å²) in [5.41, 5.74) is 0.933. The summed E-state index contributed by atoms with van der Waals surface area (Å²) < 4.78 is 0. The van der Waals surface area contributed by atoms with E-state index in [1.165, 1.54) is 12.2 Å². The van der Waals surface area contributed by atoms with Crippen LogP contribution >= 0.6 is 0 Å². The molecule has 1 aromatic carbocycles. The highest BCUT2D eigenvalue weighted by Crippen LogP contribution is 2.26. The number of aliphatic hydroxyl groups excluding tert-OH is 1. The molecule has 0 saturated heterocycles. The summed E-state index contributed by atoms with van der Waals surface area (Å²) in [4.78, 5) is 19.1. The summed E-state index contributed by atoms with van der Waals surface area (Å²) in [5.74, 6) is -0.0572. The number of hydroxylamine groups is 2. The number of hydrogen-bond donors (Lipinski definition) is 1. The average molecular weight is 318 g/mol. The number of carbonyl (C=O) groups is 1. The molecule has 0 saturated carbocycles. The second-order valence-corrected chi connectivity index (χ2v) is 5.99. The predicted molar refractivity (Wildman–Crippen MR) is 89.5 cm³/mol. The van der Waals surface area contributed by atoms with Crippen LogP contribution in [0.25, 0.3) is 0 Å². The van der Waals surface area contributed by atoms with Gasteiger partial charge in [-0.2, -0.15) is 0 Å². The van der Waals surface area contributed by atoms with Gasteiger partial charge in [-0.15, -0.1) is 0 Å². The Bertz CT molecular complexity index is 532. The van der Waals surface area contributed by atoms with Crippen molar-refractivity contribution in [2.24, 2.45) is 0 Å². The Morgan fingerprint density at radius 1 is 1.43 bits per heavy atom. The largest absolute Gasteiger partial charge is 0.388 e. The third-order valence-corrected chi connectivity index (χ3v) is 4.55. The number of rotatable bonds is 6. The Hall–Kier alpha value is -1.69. The van der Waals surface area contributed by atoms with E-state index >= 15 is 0 Å². The van der Waals surface area contributed by atoms with Gasteiger partial charge in [0.05, 0.1) is 13.2 Å². The van der Waals surface area contributed by atoms with Gasteiger partial charge in [0.15, 0.2) is 0 Å². The van der Waals surface area contributed by atoms with Crippen LogP contribution in [-0.2, 0) is 9.63 Å². The number of aliphatic hydroxyl groups is 1. The normalized spacial score (nSPS) is 22.8. The molecular weight excluding hydrogens is 292 g/mol. The first-order chi connectivity index (χ1) is 11.0. The van der Waals surface area contributed by atoms with Crippen LogP contribution in [0, 0.1) is 0 Å². The van der Waals surface area contributed by atoms with Crippen molar-refractivity contribution < 1.29 is 14.7 Å². The van der Waals surface area contributed by atoms with E-state index in [4.69, 9.17) is 4.84 Å². The zero-order valence-electron chi connectivity index (χ0n) is 14.1. The van der Waals surface area contributed by atoms with Crippen LogP contribution in [0.5, 0.6) is 0 Å². The van der Waals surface area contributed by atoms with Crippen molar-refractivity contribution in [2.75, 3.05) is 21.2 Å². The lowest BCUT2D eigenvalue weighted by molar-refractivity contribution is -0.169. The topological polar surface area (TPSA) is 53.0 Å². The van der Waals surface area contributed by atoms with Gasteiger partial charge in [-0.25, -0.2) is 5.06 Å². The van der Waals surface area contributed by atoms with Crippen molar-refractivity contribution in [1.29, 1.82) is 0 Å². The summed E-state index contributed by atoms with van der Waals surface area (Å²) in [7, 11) is 5.11. The van der Waals surface area contributed by atoms with E-state index < -0.39 is 6.10 Å². The number of carbonyl (C=O) groups excluding carboxylic acids is 1. The van der Waals surface area contributed by atoms with Gasteiger partial charge < -0.3 is 5.11 Å². The van der Waals surface area contributed by atoms with Crippen molar-refractivity contribution in [1.82, 2.24) is 9.96 Å². The highest BCUT2D eigenvalue weighted by atomic mass is 16.7. The molecule has 0 radical (unpaired) electrons. The van der Waals surface area contributed by atoms with Crippen LogP contribution in [0.2, 0.25) is 0 Å². The molecular formula is C18H26N2O3. The van der Waals surface area contributed by atoms with Crippen LogP contribution < -0.4 is 0 Å². The lowest BCUT2D eigenvalue weighted by Crippen LogP contribution is -2.44. The number of likely N-dealkylation sites (N-methyl/N-ethyl adjacent to an activating group) is 1. The number of benzene rings is 1. The smallest absolute Gasteiger partial charge is 0.247 e. The van der Waals surface area contributed by atoms with Crippen molar-refractivity contribution >= 4 is 5.91 Å². The lowest BCUT2D eigenvalue weighted by Gasteiger charge is -2.37. The molecule has 5 nitrogen and oxygen atoms in total. The predicted octanol–water partition coefficient (Wildman–Crippen LogP) is 2.15. The van der Waals surface area contributed by atoms with Crippen LogP contribution in [0.15, 0.2) is 42.5 Å². The molecule has 1 aromatic rings. The maximum Gasteiger partial charge on any atom is 0.247 e. The Kier molecular flexibility index (Phi) is 6.33. The first-order valence-corrected chi connectivity index (χ1v) is 7.95. The SMILES string of the molecule is CON(C)C(=O)C[C@@H]1C=CC[C@@H](C[C@H](O)c2ccccc2)N1C. The van der Waals surface area contributed by atoms with Crippen LogP contribution in [0.3, 0.4) is 0 Å². The first-order valence-electron chi connectivity index (χ1n) is 7.95. The van der Waals surface area contributed by atoms with Crippen molar-refractivity contribution in [2.45, 2.75) is 37.5 Å². The average Bonchev–Trinajstić information content (AvgIpc) is 2.58. The van der Waals surface area contributed by atoms with Crippen LogP contribution in [-0.4, -0.2) is 54.3 Å². The fourth-order valence-electron chi connectivity index (χ4n) is 2.92. The summed E-state index contributed by atoms with van der Waals surface area (Å²) >= 11 is 0. The highest BCUT2D eigenvalue weighted by molar-refractivity contribution is 5.75. The molecule has 0 aliphatic carbocycles. The van der Waals surface area contributed by atoms with Gasteiger partial charge in [-0.3, -0.25) is 14.5 Å². The number of nitrogens with zero attached hydrogens (tertiary/aromatic N) is 2. The van der Waals surface area contributed by atoms with E-state index in [2.05, 4.69) is 17.1 Å². The monoisotopic (exact) mass is 318 g/mol. The zero-order valence-corrected chi connectivity index (χ0v) is 14.1. The molecule has 0 bridgehead atoms. The minimum atomic E-state index is -0.492. The molecule has 1 aliphatic rings. The third kappa shape index (κ3) is 4.64. The molecule has 1 heterocycles. The van der Waals surface area contributed by atoms with Crippen molar-refractivity contribution in [3.8, 4) is 0 Å². The Balaban J connectivity index is 1.96. The molecule has 0 aromatic heterocycles. The van der Waals surface area contributed by atoms with E-state index in [1.807, 2.05) is 37.4 Å². The molecule has 1 aliphatic heterocycles. The Morgan fingerprint density at radius 2 is 2.13 bits per heavy atom. The molecule has 1 N–H and O–H groups in total. The van der Waals surface area contributed by atoms with Gasteiger partial charge >= 0.3 is 0 Å². The summed E-state index contributed by atoms with van der Waals surface area (Å²) in [6.07, 6.45) is 5.57. The summed E-state index contributed by atoms with van der Waals surface area (Å²) in [6, 6.07) is 9.94. The minimum Gasteiger partial charge on any atom is -0.388 e. The molecule has 1 amide bonds. The Labute approximate surface area is 138 Å². The zero-order chi connectivity index (χ0) is 16.8. The minimum absolute atomic E-state index is 0.0295. The molecule has 23 heavy (non-hydrogen) atoms. The van der Waals surface area contributed by atoms with Crippen molar-refractivity contribution in [3.63, 3.8) is 0 Å². The van der Waals surface area contributed by atoms with Crippen LogP contribution in [0.4, 0.5) is 0 Å². The van der Waals surface area contributed by atoms with Crippen molar-refractivity contribution in [3.05, 3.63) is 48.0 Å². The van der Waals surface area contributed by atoms with Gasteiger partial charge in [-0.1, -0.05) is 42.5 Å². The Morgan fingerprint density at radius 3 is 2.78 bits per heavy atom. The van der Waals surface area contributed by atoms with E-state index in [-0.39, 0.29) is 18.0 Å². The molecule has 0 fully saturated rings. The third-order valence-electron chi connectivity index (χ3n) is 4.55. The summed E-state index contributed by atoms with van der Waals surface area (Å²) in [5, 5.41) is 11.7. The van der Waals surface area contributed by atoms with Gasteiger partial charge in [0.1, 0.15) is 0 Å². The fraction of sp³-hybridized carbons (Fsp3) is 0.500. The number of amides is 1. The molecule has 5 heteroatoms. The number of hydrogen-bond acceptors (Lipinski definition) is 4. The first kappa shape index (κ1) is 17.7. The standard InChI is InChI=1S/C18H26N2O3/c1-19-15(12-17(21)14-8-5-4-6-9-14)10-7-11-16(19)13-18(22)20(2)23-3/h4-9,11,15-17,21H,10,12-13H2,1-3H3/t15-,16-,17-/m0/s1. The van der Waals surface area contributed by atoms with E-state index in [0.29, 0.717) is 12.8 Å². The molecule has 0 spiro atoms. The molecule has 0 unspecified atom stereocenters. The van der Waals surface area contributed by atoms with E-state index in [1.54, 1.807) is 7.05 Å². The summed E-state index contributed by atoms with van der Waals surface area (Å²) in [6.45, 7) is 0. The highest BCUT2D eigenvalue weighted by Gasteiger charge is 2.28. The van der Waals surface area contributed by atoms with Gasteiger partial charge in [0.2, 0.25) is 5.91 Å². The van der Waals surface area contributed by atoms with Gasteiger partial charge in [-0.05, 0) is 25.5 Å². The maximum atomic E-state index is 12.0. The second kappa shape index (κ2) is 8.24. The van der Waals surface area contributed by atoms with Gasteiger partial charge in [0.25, 0.3) is 0 Å². The maximum absolute atomic E-state index is 12.0. The van der Waals surface area contributed by atoms with Gasteiger partial charge in [0, 0.05) is 25.6 Å². The van der Waals surface area contributed by atoms with E-state index in [9.17, 15) is 9.90 Å². The van der Waals surface area contributed by atoms with Crippen LogP contribution in [0.1, 0.15) is 30.9 Å². The van der Waals surface area contributed by atoms with E-state index in [0.717, 1.165) is 12.0 Å². The fourth-order valence-corrected chi connectivity index (χ4v) is 2.92.